The van der Waals surface area contributed by atoms with Crippen molar-refractivity contribution in [2.75, 3.05) is 26.0 Å². The van der Waals surface area contributed by atoms with Gasteiger partial charge in [-0.25, -0.2) is 0 Å². The lowest BCUT2D eigenvalue weighted by Gasteiger charge is -2.18. The fourth-order valence-corrected chi connectivity index (χ4v) is 6.62. The first-order valence-electron chi connectivity index (χ1n) is 17.3. The van der Waals surface area contributed by atoms with Gasteiger partial charge in [0.15, 0.2) is 6.61 Å². The topological polar surface area (TPSA) is 96.0 Å². The Hall–Kier alpha value is -2.88. The highest BCUT2D eigenvalue weighted by atomic mass is 31.2. The van der Waals surface area contributed by atoms with Crippen molar-refractivity contribution in [2.45, 2.75) is 117 Å². The Morgan fingerprint density at radius 2 is 1.42 bits per heavy atom. The van der Waals surface area contributed by atoms with Crippen LogP contribution in [0, 0.1) is 0 Å². The Labute approximate surface area is 284 Å². The van der Waals surface area contributed by atoms with Gasteiger partial charge >= 0.3 is 13.8 Å². The van der Waals surface area contributed by atoms with E-state index in [1.165, 1.54) is 69.7 Å². The van der Waals surface area contributed by atoms with Gasteiger partial charge in [-0.15, -0.1) is 0 Å². The largest absolute Gasteiger partial charge is 0.487 e. The van der Waals surface area contributed by atoms with Crippen molar-refractivity contribution < 1.29 is 41.1 Å². The highest BCUT2D eigenvalue weighted by molar-refractivity contribution is 7.53. The van der Waals surface area contributed by atoms with Crippen LogP contribution in [0.3, 0.4) is 0 Å². The summed E-state index contributed by atoms with van der Waals surface area (Å²) in [6.45, 7) is 4.90. The number of unbranched alkanes of at least 4 members (excludes halogenated alkanes) is 10. The zero-order valence-electron chi connectivity index (χ0n) is 28.8. The lowest BCUT2D eigenvalue weighted by molar-refractivity contribution is -0.153. The van der Waals surface area contributed by atoms with Crippen molar-refractivity contribution in [3.8, 4) is 11.5 Å². The van der Waals surface area contributed by atoms with E-state index in [-0.39, 0.29) is 44.1 Å². The van der Waals surface area contributed by atoms with E-state index < -0.39 is 20.4 Å². The minimum absolute atomic E-state index is 0.0307. The summed E-state index contributed by atoms with van der Waals surface area (Å²) in [5, 5.41) is 3.01. The van der Waals surface area contributed by atoms with Crippen LogP contribution in [0.15, 0.2) is 48.3 Å². The van der Waals surface area contributed by atoms with Crippen LogP contribution in [-0.4, -0.2) is 43.1 Å². The number of carbonyl (C=O) groups excluding carboxylic acids is 1. The quantitative estimate of drug-likeness (QED) is 0.0772. The maximum Gasteiger partial charge on any atom is 0.422 e. The molecule has 0 aliphatic rings. The van der Waals surface area contributed by atoms with Crippen molar-refractivity contribution in [3.05, 3.63) is 59.5 Å². The van der Waals surface area contributed by atoms with Crippen LogP contribution in [0.2, 0.25) is 0 Å². The number of hydrogen-bond donors (Lipinski definition) is 1. The molecule has 8 nitrogen and oxygen atoms in total. The summed E-state index contributed by atoms with van der Waals surface area (Å²) in [5.74, 6) is 0.487. The summed E-state index contributed by atoms with van der Waals surface area (Å²) in [4.78, 5) is 17.0. The highest BCUT2D eigenvalue weighted by Crippen LogP contribution is 2.49. The van der Waals surface area contributed by atoms with Crippen molar-refractivity contribution in [2.24, 2.45) is 0 Å². The van der Waals surface area contributed by atoms with Gasteiger partial charge in [0.25, 0.3) is 0 Å². The molecule has 48 heavy (non-hydrogen) atoms. The Kier molecular flexibility index (Phi) is 20.2. The molecule has 0 aliphatic carbocycles. The predicted octanol–water partition coefficient (Wildman–Crippen LogP) is 10.4. The molecule has 1 amide bonds. The third-order valence-electron chi connectivity index (χ3n) is 7.41. The maximum atomic E-state index is 13.1. The van der Waals surface area contributed by atoms with Gasteiger partial charge in [-0.2, -0.15) is 13.2 Å². The summed E-state index contributed by atoms with van der Waals surface area (Å²) in [6.07, 6.45) is 12.8. The van der Waals surface area contributed by atoms with Crippen LogP contribution in [0.25, 0.3) is 6.08 Å². The maximum absolute atomic E-state index is 13.1. The molecular formula is C36H54F3N2O6P. The van der Waals surface area contributed by atoms with E-state index in [0.717, 1.165) is 24.8 Å². The van der Waals surface area contributed by atoms with Gasteiger partial charge in [-0.3, -0.25) is 14.3 Å². The number of halogens is 3. The Morgan fingerprint density at radius 3 is 2.00 bits per heavy atom. The minimum Gasteiger partial charge on any atom is -0.487 e. The first-order chi connectivity index (χ1) is 23.1. The molecular weight excluding hydrogens is 644 g/mol. The molecule has 0 saturated heterocycles. The lowest BCUT2D eigenvalue weighted by Crippen LogP contribution is -2.23. The number of pyridine rings is 1. The van der Waals surface area contributed by atoms with Crippen LogP contribution in [0.5, 0.6) is 11.5 Å². The molecule has 0 radical (unpaired) electrons. The highest BCUT2D eigenvalue weighted by Gasteiger charge is 2.28. The summed E-state index contributed by atoms with van der Waals surface area (Å²) in [6, 6.07) is 9.86. The van der Waals surface area contributed by atoms with Crippen molar-refractivity contribution >= 4 is 19.6 Å². The zero-order valence-corrected chi connectivity index (χ0v) is 29.7. The lowest BCUT2D eigenvalue weighted by atomic mass is 10.1. The van der Waals surface area contributed by atoms with Crippen molar-refractivity contribution in [1.29, 1.82) is 0 Å². The van der Waals surface area contributed by atoms with Gasteiger partial charge in [-0.05, 0) is 56.5 Å². The van der Waals surface area contributed by atoms with Crippen LogP contribution in [0.1, 0.15) is 115 Å². The first-order valence-corrected chi connectivity index (χ1v) is 19.0. The molecule has 1 heterocycles. The molecule has 2 aromatic rings. The molecule has 0 bridgehead atoms. The summed E-state index contributed by atoms with van der Waals surface area (Å²) < 4.78 is 72.0. The van der Waals surface area contributed by atoms with Crippen LogP contribution in [0.4, 0.5) is 13.2 Å². The number of benzene rings is 1. The molecule has 1 aromatic carbocycles. The molecule has 1 aromatic heterocycles. The molecule has 0 atom stereocenters. The standard InChI is InChI=1S/C36H54F3N2O6P/c1-4-7-8-9-10-11-12-13-14-15-16-17-35(42)41-31(23-25-48(43,46-5-2)47-6-3)26-30-18-20-33(21-19-30)44-28-32-27-34(22-24-40-32)45-29-36(37,38)39/h18-22,24,26-27H,4-17,23,25,28-29H2,1-3H3,(H,41,42)/b31-26+. The van der Waals surface area contributed by atoms with E-state index in [1.807, 2.05) is 18.2 Å². The fraction of sp³-hybridized carbons (Fsp3) is 0.611. The van der Waals surface area contributed by atoms with E-state index in [0.29, 0.717) is 23.6 Å². The van der Waals surface area contributed by atoms with E-state index in [2.05, 4.69) is 17.2 Å². The predicted molar refractivity (Wildman–Crippen MR) is 184 cm³/mol. The molecule has 0 saturated carbocycles. The molecule has 0 unspecified atom stereocenters. The number of alkyl halides is 3. The van der Waals surface area contributed by atoms with Gasteiger partial charge in [0.2, 0.25) is 5.91 Å². The number of hydrogen-bond acceptors (Lipinski definition) is 7. The van der Waals surface area contributed by atoms with Gasteiger partial charge in [0, 0.05) is 24.4 Å². The average molecular weight is 699 g/mol. The molecule has 0 fully saturated rings. The third kappa shape index (κ3) is 19.2. The second-order valence-corrected chi connectivity index (χ2v) is 13.9. The number of rotatable bonds is 26. The number of ether oxygens (including phenoxy) is 2. The fourth-order valence-electron chi connectivity index (χ4n) is 4.99. The summed E-state index contributed by atoms with van der Waals surface area (Å²) >= 11 is 0. The normalized spacial score (nSPS) is 12.2. The summed E-state index contributed by atoms with van der Waals surface area (Å²) in [7, 11) is -3.31. The first kappa shape index (κ1) is 41.3. The Balaban J connectivity index is 1.94. The Morgan fingerprint density at radius 1 is 0.812 bits per heavy atom. The second-order valence-electron chi connectivity index (χ2n) is 11.7. The monoisotopic (exact) mass is 698 g/mol. The molecule has 1 N–H and O–H groups in total. The third-order valence-corrected chi connectivity index (χ3v) is 9.49. The number of aromatic nitrogens is 1. The molecule has 0 aliphatic heterocycles. The summed E-state index contributed by atoms with van der Waals surface area (Å²) in [5.41, 5.74) is 1.81. The zero-order chi connectivity index (χ0) is 35.1. The second kappa shape index (κ2) is 23.5. The Bertz CT molecular complexity index is 1250. The van der Waals surface area contributed by atoms with Crippen LogP contribution >= 0.6 is 7.60 Å². The van der Waals surface area contributed by atoms with Crippen LogP contribution < -0.4 is 14.8 Å². The number of nitrogens with one attached hydrogen (secondary N) is 1. The number of carbonyl (C=O) groups is 1. The van der Waals surface area contributed by atoms with E-state index in [1.54, 1.807) is 26.0 Å². The smallest absolute Gasteiger partial charge is 0.422 e. The number of amides is 1. The van der Waals surface area contributed by atoms with Crippen molar-refractivity contribution in [1.82, 2.24) is 10.3 Å². The van der Waals surface area contributed by atoms with Gasteiger partial charge in [-0.1, -0.05) is 83.3 Å². The van der Waals surface area contributed by atoms with Crippen molar-refractivity contribution in [3.63, 3.8) is 0 Å². The molecule has 0 spiro atoms. The van der Waals surface area contributed by atoms with E-state index in [9.17, 15) is 22.5 Å². The SMILES string of the molecule is CCCCCCCCCCCCCC(=O)N/C(=C/c1ccc(OCc2cc(OCC(F)(F)F)ccn2)cc1)CCP(=O)(OCC)OCC. The number of allylic oxidation sites excluding steroid dienone is 1. The van der Waals surface area contributed by atoms with Gasteiger partial charge < -0.3 is 23.8 Å². The van der Waals surface area contributed by atoms with E-state index >= 15 is 0 Å². The molecule has 2 rings (SSSR count). The van der Waals surface area contributed by atoms with Crippen LogP contribution in [-0.2, 0) is 25.0 Å². The minimum atomic E-state index is -4.43. The molecule has 12 heteroatoms. The average Bonchev–Trinajstić information content (AvgIpc) is 3.05. The number of nitrogens with zero attached hydrogens (tertiary/aromatic N) is 1. The van der Waals surface area contributed by atoms with Gasteiger partial charge in [0.1, 0.15) is 18.1 Å². The van der Waals surface area contributed by atoms with Gasteiger partial charge in [0.05, 0.1) is 25.1 Å². The molecule has 270 valence electrons. The van der Waals surface area contributed by atoms with E-state index in [4.69, 9.17) is 18.5 Å².